The van der Waals surface area contributed by atoms with Crippen LogP contribution < -0.4 is 0 Å². The summed E-state index contributed by atoms with van der Waals surface area (Å²) in [7, 11) is -1.42. The van der Waals surface area contributed by atoms with Crippen molar-refractivity contribution in [2.75, 3.05) is 6.61 Å². The minimum atomic E-state index is -1.42. The third-order valence-corrected chi connectivity index (χ3v) is 5.87. The number of rotatable bonds is 5. The minimum absolute atomic E-state index is 0.0518. The summed E-state index contributed by atoms with van der Waals surface area (Å²) < 4.78 is 20.7. The molecule has 5 heteroatoms. The maximum atomic E-state index is 13.1. The molecule has 0 aliphatic carbocycles. The van der Waals surface area contributed by atoms with Crippen LogP contribution in [-0.2, 0) is 15.7 Å². The highest BCUT2D eigenvalue weighted by Gasteiger charge is 2.33. The number of hydrogen-bond donors (Lipinski definition) is 0. The van der Waals surface area contributed by atoms with E-state index in [4.69, 9.17) is 4.74 Å². The number of aryl methyl sites for hydroxylation is 1. The summed E-state index contributed by atoms with van der Waals surface area (Å²) in [6.07, 6.45) is 1.95. The lowest BCUT2D eigenvalue weighted by atomic mass is 9.87. The van der Waals surface area contributed by atoms with E-state index in [0.717, 1.165) is 11.1 Å². The summed E-state index contributed by atoms with van der Waals surface area (Å²) in [5, 5.41) is 9.66. The van der Waals surface area contributed by atoms with Gasteiger partial charge in [0.05, 0.1) is 16.5 Å². The first-order valence-corrected chi connectivity index (χ1v) is 9.80. The van der Waals surface area contributed by atoms with E-state index in [1.807, 2.05) is 68.4 Å². The average Bonchev–Trinajstić information content (AvgIpc) is 2.68. The van der Waals surface area contributed by atoms with Crippen LogP contribution in [0.4, 0.5) is 0 Å². The molecule has 3 rings (SSSR count). The zero-order chi connectivity index (χ0) is 18.5. The topological polar surface area (TPSA) is 53.3 Å². The predicted molar refractivity (Wildman–Crippen MR) is 102 cm³/mol. The minimum Gasteiger partial charge on any atom is -0.358 e. The van der Waals surface area contributed by atoms with Crippen LogP contribution >= 0.6 is 0 Å². The molecule has 0 fully saturated rings. The van der Waals surface area contributed by atoms with Gasteiger partial charge in [-0.25, -0.2) is 4.21 Å². The van der Waals surface area contributed by atoms with Crippen molar-refractivity contribution in [1.82, 2.24) is 4.31 Å². The number of nitrogens with zero attached hydrogens (tertiary/aromatic N) is 2. The van der Waals surface area contributed by atoms with Crippen molar-refractivity contribution in [3.63, 3.8) is 0 Å². The van der Waals surface area contributed by atoms with E-state index >= 15 is 0 Å². The summed E-state index contributed by atoms with van der Waals surface area (Å²) >= 11 is 0. The van der Waals surface area contributed by atoms with Crippen LogP contribution in [-0.4, -0.2) is 21.3 Å². The van der Waals surface area contributed by atoms with Crippen LogP contribution in [0.15, 0.2) is 71.3 Å². The fourth-order valence-electron chi connectivity index (χ4n) is 3.12. The summed E-state index contributed by atoms with van der Waals surface area (Å²) in [4.78, 5) is 0.701. The zero-order valence-corrected chi connectivity index (χ0v) is 15.8. The molecule has 3 atom stereocenters. The molecule has 0 saturated carbocycles. The molecule has 2 aromatic rings. The van der Waals surface area contributed by atoms with Gasteiger partial charge in [0.1, 0.15) is 6.23 Å². The van der Waals surface area contributed by atoms with E-state index in [9.17, 15) is 9.47 Å². The zero-order valence-electron chi connectivity index (χ0n) is 15.0. The van der Waals surface area contributed by atoms with Crippen molar-refractivity contribution in [2.45, 2.75) is 37.3 Å². The quantitative estimate of drug-likeness (QED) is 0.794. The normalized spacial score (nSPS) is 21.0. The molecule has 0 radical (unpaired) electrons. The van der Waals surface area contributed by atoms with Gasteiger partial charge < -0.3 is 4.74 Å². The van der Waals surface area contributed by atoms with Crippen LogP contribution in [0.5, 0.6) is 0 Å². The second-order valence-corrected chi connectivity index (χ2v) is 7.62. The summed E-state index contributed by atoms with van der Waals surface area (Å²) in [6, 6.07) is 19.8. The number of ether oxygens (including phenoxy) is 1. The van der Waals surface area contributed by atoms with Gasteiger partial charge in [-0.2, -0.15) is 5.26 Å². The molecule has 0 bridgehead atoms. The van der Waals surface area contributed by atoms with Gasteiger partial charge in [0, 0.05) is 25.1 Å². The van der Waals surface area contributed by atoms with E-state index in [0.29, 0.717) is 23.5 Å². The first kappa shape index (κ1) is 18.4. The Morgan fingerprint density at radius 2 is 1.88 bits per heavy atom. The fourth-order valence-corrected chi connectivity index (χ4v) is 4.30. The molecular weight excluding hydrogens is 344 g/mol. The summed E-state index contributed by atoms with van der Waals surface area (Å²) in [5.74, 6) is -0.0518. The number of nitriles is 1. The second kappa shape index (κ2) is 8.31. The fraction of sp³-hybridized carbons (Fsp3) is 0.286. The first-order valence-electron chi connectivity index (χ1n) is 8.69. The van der Waals surface area contributed by atoms with Crippen molar-refractivity contribution in [3.8, 4) is 6.07 Å². The Balaban J connectivity index is 1.97. The lowest BCUT2D eigenvalue weighted by molar-refractivity contribution is -0.00675. The number of allylic oxidation sites excluding steroid dienone is 1. The maximum Gasteiger partial charge on any atom is 0.154 e. The SMILES string of the molecule is CCO[C@@H]1C[C@H](c2ccccc2)C(C#N)=CN1S(=O)c1ccc(C)cc1. The Hall–Kier alpha value is -2.42. The predicted octanol–water partition coefficient (Wildman–Crippen LogP) is 4.28. The van der Waals surface area contributed by atoms with Gasteiger partial charge in [-0.05, 0) is 31.5 Å². The summed E-state index contributed by atoms with van der Waals surface area (Å²) in [5.41, 5.74) is 2.79. The molecule has 134 valence electrons. The molecule has 26 heavy (non-hydrogen) atoms. The molecule has 2 aromatic carbocycles. The molecule has 1 aliphatic rings. The van der Waals surface area contributed by atoms with Crippen LogP contribution in [0.3, 0.4) is 0 Å². The van der Waals surface area contributed by atoms with E-state index in [2.05, 4.69) is 6.07 Å². The molecule has 4 nitrogen and oxygen atoms in total. The van der Waals surface area contributed by atoms with E-state index in [1.54, 1.807) is 10.5 Å². The summed E-state index contributed by atoms with van der Waals surface area (Å²) in [6.45, 7) is 4.44. The molecular formula is C21H22N2O2S. The second-order valence-electron chi connectivity index (χ2n) is 6.23. The Kier molecular flexibility index (Phi) is 5.87. The van der Waals surface area contributed by atoms with E-state index < -0.39 is 11.0 Å². The number of benzene rings is 2. The monoisotopic (exact) mass is 366 g/mol. The third kappa shape index (κ3) is 3.87. The lowest BCUT2D eigenvalue weighted by Gasteiger charge is -2.36. The van der Waals surface area contributed by atoms with Crippen molar-refractivity contribution < 1.29 is 8.95 Å². The highest BCUT2D eigenvalue weighted by Crippen LogP contribution is 2.36. The van der Waals surface area contributed by atoms with Gasteiger partial charge in [-0.3, -0.25) is 4.31 Å². The first-order chi connectivity index (χ1) is 12.6. The molecule has 1 aliphatic heterocycles. The Labute approximate surface area is 157 Å². The molecule has 0 saturated heterocycles. The maximum absolute atomic E-state index is 13.1. The van der Waals surface area contributed by atoms with Crippen LogP contribution in [0.2, 0.25) is 0 Å². The Morgan fingerprint density at radius 3 is 2.50 bits per heavy atom. The standard InChI is InChI=1S/C21H22N2O2S/c1-3-25-21-13-20(17-7-5-4-6-8-17)18(14-22)15-23(21)26(24)19-11-9-16(2)10-12-19/h4-12,15,20-21H,3,13H2,1-2H3/t20-,21-,26?/m1/s1. The Bertz CT molecular complexity index is 841. The highest BCUT2D eigenvalue weighted by atomic mass is 32.2. The van der Waals surface area contributed by atoms with Crippen molar-refractivity contribution in [1.29, 1.82) is 5.26 Å². The largest absolute Gasteiger partial charge is 0.358 e. The molecule has 0 N–H and O–H groups in total. The number of hydrogen-bond acceptors (Lipinski definition) is 3. The van der Waals surface area contributed by atoms with Crippen LogP contribution in [0.25, 0.3) is 0 Å². The van der Waals surface area contributed by atoms with Gasteiger partial charge >= 0.3 is 0 Å². The van der Waals surface area contributed by atoms with Gasteiger partial charge in [-0.15, -0.1) is 0 Å². The third-order valence-electron chi connectivity index (χ3n) is 4.47. The van der Waals surface area contributed by atoms with Gasteiger partial charge in [0.25, 0.3) is 0 Å². The van der Waals surface area contributed by atoms with Gasteiger partial charge in [-0.1, -0.05) is 48.0 Å². The van der Waals surface area contributed by atoms with E-state index in [1.165, 1.54) is 0 Å². The van der Waals surface area contributed by atoms with Crippen LogP contribution in [0, 0.1) is 18.3 Å². The molecule has 0 spiro atoms. The molecule has 1 unspecified atom stereocenters. The smallest absolute Gasteiger partial charge is 0.154 e. The average molecular weight is 366 g/mol. The lowest BCUT2D eigenvalue weighted by Crippen LogP contribution is -2.39. The molecule has 1 heterocycles. The van der Waals surface area contributed by atoms with Crippen molar-refractivity contribution in [3.05, 3.63) is 77.5 Å². The van der Waals surface area contributed by atoms with Gasteiger partial charge in [0.15, 0.2) is 11.0 Å². The van der Waals surface area contributed by atoms with Gasteiger partial charge in [0.2, 0.25) is 0 Å². The van der Waals surface area contributed by atoms with Crippen molar-refractivity contribution >= 4 is 11.0 Å². The molecule has 0 amide bonds. The highest BCUT2D eigenvalue weighted by molar-refractivity contribution is 7.82. The van der Waals surface area contributed by atoms with Crippen LogP contribution in [0.1, 0.15) is 30.4 Å². The Morgan fingerprint density at radius 1 is 1.19 bits per heavy atom. The van der Waals surface area contributed by atoms with Crippen molar-refractivity contribution in [2.24, 2.45) is 0 Å². The molecule has 0 aromatic heterocycles. The van der Waals surface area contributed by atoms with E-state index in [-0.39, 0.29) is 12.1 Å².